The average molecular weight is 261 g/mol. The Morgan fingerprint density at radius 1 is 1.24 bits per heavy atom. The van der Waals surface area contributed by atoms with Gasteiger partial charge in [0.15, 0.2) is 5.78 Å². The molecule has 0 aromatic heterocycles. The molecule has 0 atom stereocenters. The molecule has 0 saturated carbocycles. The lowest BCUT2D eigenvalue weighted by Gasteiger charge is -2.21. The third-order valence-corrected chi connectivity index (χ3v) is 3.18. The molecule has 0 aliphatic carbocycles. The van der Waals surface area contributed by atoms with E-state index in [9.17, 15) is 9.59 Å². The van der Waals surface area contributed by atoms with Crippen LogP contribution >= 0.6 is 0 Å². The van der Waals surface area contributed by atoms with Crippen molar-refractivity contribution < 1.29 is 14.0 Å². The van der Waals surface area contributed by atoms with Crippen LogP contribution in [0.5, 0.6) is 0 Å². The summed E-state index contributed by atoms with van der Waals surface area (Å²) in [5, 5.41) is 0. The lowest BCUT2D eigenvalue weighted by molar-refractivity contribution is -0.136. The molecular formula is C12H27NO3Si. The smallest absolute Gasteiger partial charge is 0.170 e. The molecule has 0 N–H and O–H groups in total. The third kappa shape index (κ3) is 10.4. The Morgan fingerprint density at radius 2 is 1.59 bits per heavy atom. The lowest BCUT2D eigenvalue weighted by Crippen LogP contribution is -2.36. The fraction of sp³-hybridized carbons (Fsp3) is 0.833. The van der Waals surface area contributed by atoms with E-state index in [1.807, 2.05) is 26.0 Å². The molecule has 0 aliphatic heterocycles. The van der Waals surface area contributed by atoms with Crippen molar-refractivity contribution >= 4 is 22.1 Å². The van der Waals surface area contributed by atoms with Gasteiger partial charge in [0.05, 0.1) is 6.42 Å². The van der Waals surface area contributed by atoms with Crippen LogP contribution in [0.1, 0.15) is 34.1 Å². The van der Waals surface area contributed by atoms with E-state index in [1.165, 1.54) is 0 Å². The second kappa shape index (κ2) is 8.55. The Balaban J connectivity index is 0. The first-order chi connectivity index (χ1) is 7.54. The first kappa shape index (κ1) is 18.8. The van der Waals surface area contributed by atoms with Gasteiger partial charge in [-0.05, 0) is 35.0 Å². The van der Waals surface area contributed by atoms with Crippen molar-refractivity contribution in [2.75, 3.05) is 21.1 Å². The average Bonchev–Trinajstić information content (AvgIpc) is 2.16. The number of hydrogen-bond acceptors (Lipinski definition) is 4. The molecule has 4 nitrogen and oxygen atoms in total. The third-order valence-electron chi connectivity index (χ3n) is 2.16. The molecule has 0 rings (SSSR count). The van der Waals surface area contributed by atoms with E-state index in [2.05, 4.69) is 0 Å². The highest BCUT2D eigenvalue weighted by Gasteiger charge is 2.28. The maximum Gasteiger partial charge on any atom is 0.170 e. The summed E-state index contributed by atoms with van der Waals surface area (Å²) in [4.78, 5) is 24.7. The van der Waals surface area contributed by atoms with E-state index >= 15 is 0 Å². The van der Waals surface area contributed by atoms with Crippen LogP contribution in [0, 0.1) is 5.92 Å². The van der Waals surface area contributed by atoms with Crippen molar-refractivity contribution in [2.24, 2.45) is 5.92 Å². The van der Waals surface area contributed by atoms with Gasteiger partial charge in [-0.25, -0.2) is 0 Å². The van der Waals surface area contributed by atoms with Gasteiger partial charge in [0.25, 0.3) is 0 Å². The van der Waals surface area contributed by atoms with Gasteiger partial charge in [0, 0.05) is 5.92 Å². The first-order valence-corrected chi connectivity index (χ1v) is 6.58. The van der Waals surface area contributed by atoms with Crippen LogP contribution in [-0.2, 0) is 14.0 Å². The molecule has 17 heavy (non-hydrogen) atoms. The van der Waals surface area contributed by atoms with E-state index in [0.29, 0.717) is 10.5 Å². The maximum absolute atomic E-state index is 11.5. The van der Waals surface area contributed by atoms with Gasteiger partial charge in [-0.1, -0.05) is 13.8 Å². The molecule has 0 aliphatic rings. The Hall–Kier alpha value is -0.523. The van der Waals surface area contributed by atoms with E-state index in [4.69, 9.17) is 4.43 Å². The van der Waals surface area contributed by atoms with Gasteiger partial charge in [-0.2, -0.15) is 0 Å². The second-order valence-electron chi connectivity index (χ2n) is 5.28. The van der Waals surface area contributed by atoms with Gasteiger partial charge >= 0.3 is 0 Å². The van der Waals surface area contributed by atoms with Crippen LogP contribution in [0.3, 0.4) is 0 Å². The van der Waals surface area contributed by atoms with Crippen molar-refractivity contribution in [2.45, 2.75) is 39.7 Å². The van der Waals surface area contributed by atoms with Crippen LogP contribution in [-0.4, -0.2) is 53.7 Å². The molecule has 0 aromatic rings. The Morgan fingerprint density at radius 3 is 1.82 bits per heavy atom. The number of Topliss-reactive ketones (excluding diaryl/α,β-unsaturated/α-hetero) is 2. The fourth-order valence-corrected chi connectivity index (χ4v) is 0.917. The Bertz CT molecular complexity index is 247. The Labute approximate surface area is 108 Å². The van der Waals surface area contributed by atoms with E-state index in [1.54, 1.807) is 27.7 Å². The van der Waals surface area contributed by atoms with Gasteiger partial charge < -0.3 is 9.33 Å². The molecule has 0 aromatic carbocycles. The molecule has 0 spiro atoms. The van der Waals surface area contributed by atoms with Gasteiger partial charge in [-0.15, -0.1) is 0 Å². The number of ketones is 2. The summed E-state index contributed by atoms with van der Waals surface area (Å²) >= 11 is 0. The molecule has 102 valence electrons. The standard InChI is InChI=1S/C9H18O3Si.C3H9N/c1-6(2)7(10)5-8(11)9(3,4)12-13;1-4(2)3/h6H,5H2,1-4,13H3;1-3H3. The predicted octanol–water partition coefficient (Wildman–Crippen LogP) is 0.424. The summed E-state index contributed by atoms with van der Waals surface area (Å²) < 4.78 is 5.12. The zero-order valence-corrected chi connectivity index (χ0v) is 14.5. The zero-order chi connectivity index (χ0) is 14.2. The normalized spacial score (nSPS) is 11.4. The molecule has 0 bridgehead atoms. The highest BCUT2D eigenvalue weighted by Crippen LogP contribution is 2.13. The molecule has 0 amide bonds. The summed E-state index contributed by atoms with van der Waals surface area (Å²) in [6, 6.07) is 0. The summed E-state index contributed by atoms with van der Waals surface area (Å²) in [6.07, 6.45) is -0.00704. The van der Waals surface area contributed by atoms with Crippen molar-refractivity contribution in [3.05, 3.63) is 0 Å². The van der Waals surface area contributed by atoms with E-state index in [0.717, 1.165) is 0 Å². The van der Waals surface area contributed by atoms with E-state index in [-0.39, 0.29) is 23.9 Å². The highest BCUT2D eigenvalue weighted by molar-refractivity contribution is 6.06. The summed E-state index contributed by atoms with van der Waals surface area (Å²) in [6.45, 7) is 7.00. The minimum absolute atomic E-state index is 0.00704. The maximum atomic E-state index is 11.5. The molecule has 0 saturated heterocycles. The first-order valence-electron chi connectivity index (χ1n) is 5.76. The van der Waals surface area contributed by atoms with Crippen molar-refractivity contribution in [1.82, 2.24) is 4.90 Å². The van der Waals surface area contributed by atoms with Crippen LogP contribution in [0.2, 0.25) is 0 Å². The number of carbonyl (C=O) groups excluding carboxylic acids is 2. The molecule has 0 heterocycles. The monoisotopic (exact) mass is 261 g/mol. The Kier molecular flexibility index (Phi) is 9.47. The predicted molar refractivity (Wildman–Crippen MR) is 74.2 cm³/mol. The minimum Gasteiger partial charge on any atom is -0.416 e. The van der Waals surface area contributed by atoms with Crippen LogP contribution in [0.25, 0.3) is 0 Å². The molecule has 0 fully saturated rings. The number of hydrogen-bond donors (Lipinski definition) is 0. The van der Waals surface area contributed by atoms with Crippen molar-refractivity contribution in [3.8, 4) is 0 Å². The summed E-state index contributed by atoms with van der Waals surface area (Å²) in [5.41, 5.74) is -0.781. The topological polar surface area (TPSA) is 46.6 Å². The summed E-state index contributed by atoms with van der Waals surface area (Å²) in [7, 11) is 6.51. The number of nitrogens with zero attached hydrogens (tertiary/aromatic N) is 1. The van der Waals surface area contributed by atoms with E-state index < -0.39 is 5.60 Å². The van der Waals surface area contributed by atoms with Gasteiger partial charge in [-0.3, -0.25) is 9.59 Å². The zero-order valence-electron chi connectivity index (χ0n) is 12.5. The van der Waals surface area contributed by atoms with Crippen LogP contribution in [0.4, 0.5) is 0 Å². The van der Waals surface area contributed by atoms with Crippen molar-refractivity contribution in [1.29, 1.82) is 0 Å². The molecule has 5 heteroatoms. The quantitative estimate of drug-likeness (QED) is 0.532. The van der Waals surface area contributed by atoms with Gasteiger partial charge in [0.2, 0.25) is 0 Å². The molecular weight excluding hydrogens is 234 g/mol. The SMILES string of the molecule is CC(C)C(=O)CC(=O)C(C)(C)O[SiH3].CN(C)C. The van der Waals surface area contributed by atoms with Crippen LogP contribution in [0.15, 0.2) is 0 Å². The molecule has 0 unspecified atom stereocenters. The van der Waals surface area contributed by atoms with Crippen LogP contribution < -0.4 is 0 Å². The lowest BCUT2D eigenvalue weighted by atomic mass is 9.95. The fourth-order valence-electron chi connectivity index (χ4n) is 0.689. The van der Waals surface area contributed by atoms with Crippen molar-refractivity contribution in [3.63, 3.8) is 0 Å². The second-order valence-corrected chi connectivity index (χ2v) is 5.69. The number of carbonyl (C=O) groups is 2. The van der Waals surface area contributed by atoms with Gasteiger partial charge in [0.1, 0.15) is 21.9 Å². The largest absolute Gasteiger partial charge is 0.416 e. The number of rotatable bonds is 5. The highest BCUT2D eigenvalue weighted by atomic mass is 28.2. The molecule has 0 radical (unpaired) electrons. The summed E-state index contributed by atoms with van der Waals surface area (Å²) in [5.74, 6) is -0.216. The minimum atomic E-state index is -0.781.